The van der Waals surface area contributed by atoms with Crippen molar-refractivity contribution in [2.45, 2.75) is 33.1 Å². The van der Waals surface area contributed by atoms with Gasteiger partial charge in [-0.3, -0.25) is 4.79 Å². The number of esters is 1. The molecule has 1 saturated heterocycles. The third-order valence-corrected chi connectivity index (χ3v) is 5.56. The fourth-order valence-corrected chi connectivity index (χ4v) is 5.12. The molecule has 1 heterocycles. The van der Waals surface area contributed by atoms with Gasteiger partial charge in [0.25, 0.3) is 0 Å². The van der Waals surface area contributed by atoms with Crippen LogP contribution in [0.3, 0.4) is 0 Å². The number of fused-ring (bicyclic) bond motifs is 3. The molecule has 3 aliphatic rings. The van der Waals surface area contributed by atoms with E-state index in [1.807, 2.05) is 0 Å². The van der Waals surface area contributed by atoms with Gasteiger partial charge < -0.3 is 4.74 Å². The molecule has 3 fully saturated rings. The zero-order valence-electron chi connectivity index (χ0n) is 11.3. The summed E-state index contributed by atoms with van der Waals surface area (Å²) in [7, 11) is 0. The van der Waals surface area contributed by atoms with Crippen LogP contribution in [0.15, 0.2) is 0 Å². The van der Waals surface area contributed by atoms with Gasteiger partial charge in [-0.05, 0) is 30.6 Å². The molecule has 4 heteroatoms. The predicted molar refractivity (Wildman–Crippen MR) is 66.2 cm³/mol. The summed E-state index contributed by atoms with van der Waals surface area (Å²) in [4.78, 5) is 11.8. The van der Waals surface area contributed by atoms with E-state index in [0.717, 1.165) is 19.3 Å². The first-order valence-corrected chi connectivity index (χ1v) is 6.90. The molecule has 3 rings (SSSR count). The van der Waals surface area contributed by atoms with Crippen molar-refractivity contribution in [3.8, 4) is 12.1 Å². The van der Waals surface area contributed by atoms with Crippen LogP contribution in [0.1, 0.15) is 33.1 Å². The molecule has 0 radical (unpaired) electrons. The summed E-state index contributed by atoms with van der Waals surface area (Å²) >= 11 is 0. The highest BCUT2D eigenvalue weighted by molar-refractivity contribution is 5.75. The van der Waals surface area contributed by atoms with Gasteiger partial charge in [-0.25, -0.2) is 0 Å². The van der Waals surface area contributed by atoms with E-state index in [9.17, 15) is 15.3 Å². The van der Waals surface area contributed by atoms with Crippen LogP contribution in [0.4, 0.5) is 0 Å². The number of cyclic esters (lactones) is 1. The molecule has 0 N–H and O–H groups in total. The molecule has 0 aromatic rings. The molecule has 2 aliphatic carbocycles. The maximum atomic E-state index is 11.8. The average Bonchev–Trinajstić information content (AvgIpc) is 2.90. The van der Waals surface area contributed by atoms with Gasteiger partial charge in [0.2, 0.25) is 0 Å². The van der Waals surface area contributed by atoms with E-state index in [0.29, 0.717) is 12.5 Å². The SMILES string of the molecule is CC1(C)C[C@H]2C[C@H]3C(=O)OC[C@H]3[C@@]2(C(C#N)C#N)C1. The topological polar surface area (TPSA) is 73.9 Å². The highest BCUT2D eigenvalue weighted by Gasteiger charge is 2.68. The standard InChI is InChI=1S/C15H18N2O2/c1-14(2)4-9-3-11-12(7-19-13(11)18)15(9,8-14)10(5-16)6-17/h9-12H,3-4,7-8H2,1-2H3/t9-,11-,12-,15+/m1/s1. The summed E-state index contributed by atoms with van der Waals surface area (Å²) < 4.78 is 5.20. The lowest BCUT2D eigenvalue weighted by molar-refractivity contribution is -0.141. The number of hydrogen-bond acceptors (Lipinski definition) is 4. The number of hydrogen-bond donors (Lipinski definition) is 0. The molecule has 0 aromatic heterocycles. The summed E-state index contributed by atoms with van der Waals surface area (Å²) in [6.07, 6.45) is 2.66. The van der Waals surface area contributed by atoms with Gasteiger partial charge in [-0.2, -0.15) is 10.5 Å². The minimum Gasteiger partial charge on any atom is -0.465 e. The largest absolute Gasteiger partial charge is 0.465 e. The second-order valence-corrected chi connectivity index (χ2v) is 7.12. The van der Waals surface area contributed by atoms with Crippen LogP contribution in [0.5, 0.6) is 0 Å². The van der Waals surface area contributed by atoms with Gasteiger partial charge >= 0.3 is 5.97 Å². The number of ether oxygens (including phenoxy) is 1. The number of carbonyl (C=O) groups excluding carboxylic acids is 1. The first-order valence-electron chi connectivity index (χ1n) is 6.90. The van der Waals surface area contributed by atoms with Crippen LogP contribution >= 0.6 is 0 Å². The molecule has 0 amide bonds. The first-order chi connectivity index (χ1) is 8.94. The summed E-state index contributed by atoms with van der Waals surface area (Å²) in [5, 5.41) is 18.8. The van der Waals surface area contributed by atoms with Crippen molar-refractivity contribution in [1.29, 1.82) is 10.5 Å². The fourth-order valence-electron chi connectivity index (χ4n) is 5.12. The van der Waals surface area contributed by atoms with Crippen molar-refractivity contribution in [1.82, 2.24) is 0 Å². The van der Waals surface area contributed by atoms with Crippen molar-refractivity contribution in [2.24, 2.45) is 34.5 Å². The molecule has 0 spiro atoms. The van der Waals surface area contributed by atoms with E-state index in [1.165, 1.54) is 0 Å². The van der Waals surface area contributed by atoms with Crippen molar-refractivity contribution < 1.29 is 9.53 Å². The Morgan fingerprint density at radius 2 is 2.05 bits per heavy atom. The Bertz CT molecular complexity index is 499. The Labute approximate surface area is 113 Å². The molecular weight excluding hydrogens is 240 g/mol. The first kappa shape index (κ1) is 12.5. The minimum atomic E-state index is -0.622. The van der Waals surface area contributed by atoms with E-state index in [-0.39, 0.29) is 28.6 Å². The normalized spacial score (nSPS) is 42.4. The molecule has 1 aliphatic heterocycles. The zero-order chi connectivity index (χ0) is 13.8. The molecular formula is C15H18N2O2. The van der Waals surface area contributed by atoms with Crippen molar-refractivity contribution in [3.05, 3.63) is 0 Å². The number of carbonyl (C=O) groups is 1. The maximum Gasteiger partial charge on any atom is 0.309 e. The third-order valence-electron chi connectivity index (χ3n) is 5.56. The summed E-state index contributed by atoms with van der Waals surface area (Å²) in [6.45, 7) is 4.80. The molecule has 4 nitrogen and oxygen atoms in total. The lowest BCUT2D eigenvalue weighted by atomic mass is 9.64. The van der Waals surface area contributed by atoms with Gasteiger partial charge in [0.15, 0.2) is 0 Å². The third kappa shape index (κ3) is 1.46. The lowest BCUT2D eigenvalue weighted by Crippen LogP contribution is -2.38. The Morgan fingerprint density at radius 1 is 1.37 bits per heavy atom. The Morgan fingerprint density at radius 3 is 2.68 bits per heavy atom. The van der Waals surface area contributed by atoms with E-state index >= 15 is 0 Å². The second-order valence-electron chi connectivity index (χ2n) is 7.12. The Kier molecular flexibility index (Phi) is 2.45. The molecule has 2 saturated carbocycles. The maximum absolute atomic E-state index is 11.8. The van der Waals surface area contributed by atoms with Gasteiger partial charge in [0.05, 0.1) is 24.7 Å². The van der Waals surface area contributed by atoms with Crippen LogP contribution in [0.2, 0.25) is 0 Å². The van der Waals surface area contributed by atoms with E-state index in [1.54, 1.807) is 0 Å². The van der Waals surface area contributed by atoms with E-state index in [4.69, 9.17) is 4.74 Å². The lowest BCUT2D eigenvalue weighted by Gasteiger charge is -2.36. The van der Waals surface area contributed by atoms with E-state index < -0.39 is 5.92 Å². The van der Waals surface area contributed by atoms with Crippen LogP contribution in [0, 0.1) is 57.2 Å². The summed E-state index contributed by atoms with van der Waals surface area (Å²) in [5.74, 6) is -0.439. The zero-order valence-corrected chi connectivity index (χ0v) is 11.3. The molecule has 0 aromatic carbocycles. The highest BCUT2D eigenvalue weighted by atomic mass is 16.5. The predicted octanol–water partition coefficient (Wildman–Crippen LogP) is 2.27. The van der Waals surface area contributed by atoms with Crippen LogP contribution in [-0.2, 0) is 9.53 Å². The molecule has 100 valence electrons. The van der Waals surface area contributed by atoms with Crippen LogP contribution in [0.25, 0.3) is 0 Å². The van der Waals surface area contributed by atoms with Gasteiger partial charge in [-0.15, -0.1) is 0 Å². The van der Waals surface area contributed by atoms with Gasteiger partial charge in [0.1, 0.15) is 5.92 Å². The fraction of sp³-hybridized carbons (Fsp3) is 0.800. The Hall–Kier alpha value is -1.55. The summed E-state index contributed by atoms with van der Waals surface area (Å²) in [5.41, 5.74) is -0.183. The molecule has 4 atom stereocenters. The van der Waals surface area contributed by atoms with Gasteiger partial charge in [0, 0.05) is 11.3 Å². The van der Waals surface area contributed by atoms with Crippen LogP contribution in [-0.4, -0.2) is 12.6 Å². The minimum absolute atomic E-state index is 0.0658. The summed E-state index contributed by atoms with van der Waals surface area (Å²) in [6, 6.07) is 4.39. The van der Waals surface area contributed by atoms with Gasteiger partial charge in [-0.1, -0.05) is 13.8 Å². The number of rotatable bonds is 1. The number of nitrogens with zero attached hydrogens (tertiary/aromatic N) is 2. The van der Waals surface area contributed by atoms with E-state index in [2.05, 4.69) is 26.0 Å². The van der Waals surface area contributed by atoms with Crippen molar-refractivity contribution in [3.63, 3.8) is 0 Å². The highest BCUT2D eigenvalue weighted by Crippen LogP contribution is 2.68. The quantitative estimate of drug-likeness (QED) is 0.676. The average molecular weight is 258 g/mol. The monoisotopic (exact) mass is 258 g/mol. The van der Waals surface area contributed by atoms with Crippen molar-refractivity contribution in [2.75, 3.05) is 6.61 Å². The van der Waals surface area contributed by atoms with Crippen molar-refractivity contribution >= 4 is 5.97 Å². The second kappa shape index (κ2) is 3.73. The Balaban J connectivity index is 2.07. The number of nitriles is 2. The molecule has 19 heavy (non-hydrogen) atoms. The molecule has 0 unspecified atom stereocenters. The molecule has 0 bridgehead atoms. The van der Waals surface area contributed by atoms with Crippen LogP contribution < -0.4 is 0 Å². The smallest absolute Gasteiger partial charge is 0.309 e.